The maximum Gasteiger partial charge on any atom is 0.254 e. The van der Waals surface area contributed by atoms with Crippen molar-refractivity contribution >= 4 is 35.5 Å². The third kappa shape index (κ3) is 2.74. The highest BCUT2D eigenvalue weighted by atomic mass is 16.2. The Hall–Kier alpha value is -4.65. The van der Waals surface area contributed by atoms with E-state index in [9.17, 15) is 19.2 Å². The van der Waals surface area contributed by atoms with Crippen molar-refractivity contribution in [2.75, 3.05) is 4.90 Å². The summed E-state index contributed by atoms with van der Waals surface area (Å²) in [7, 11) is 0. The largest absolute Gasteiger partial charge is 0.274 e. The van der Waals surface area contributed by atoms with Gasteiger partial charge in [0.25, 0.3) is 11.8 Å². The van der Waals surface area contributed by atoms with E-state index in [1.807, 2.05) is 66.7 Å². The molecule has 2 saturated heterocycles. The number of rotatable bonds is 3. The summed E-state index contributed by atoms with van der Waals surface area (Å²) in [6.07, 6.45) is 7.64. The predicted octanol–water partition coefficient (Wildman–Crippen LogP) is 4.42. The number of allylic oxidation sites excluding steroid dienone is 2. The molecule has 6 atom stereocenters. The van der Waals surface area contributed by atoms with Crippen molar-refractivity contribution in [2.24, 2.45) is 40.6 Å². The molecule has 0 spiro atoms. The van der Waals surface area contributed by atoms with Crippen LogP contribution in [0.15, 0.2) is 96.1 Å². The number of nitrogens with zero attached hydrogens (tertiary/aromatic N) is 3. The highest BCUT2D eigenvalue weighted by Gasteiger charge is 2.68. The third-order valence-corrected chi connectivity index (χ3v) is 10.8. The first kappa shape index (κ1) is 24.0. The molecule has 4 bridgehead atoms. The first-order valence-corrected chi connectivity index (χ1v) is 14.8. The molecule has 7 nitrogen and oxygen atoms in total. The standard InChI is InChI=1S/C35H27N3O4/c39-31-29-28-22-10-4-6-12-24(22)35(25-13-7-5-11-23(25)28,30(29)34(42)37(31)21-8-2-1-3-9-21)18-36-38-32(40)26-19-14-15-20(17-16-19)27(26)33(38)41/h1-15,18-20,26-30H,16-17H2/b36-18-/t19-,20-,26-,27+,28?,29+,30+,35?/m0/s1. The summed E-state index contributed by atoms with van der Waals surface area (Å²) in [5.41, 5.74) is 3.17. The quantitative estimate of drug-likeness (QED) is 0.273. The lowest BCUT2D eigenvalue weighted by molar-refractivity contribution is -0.140. The smallest absolute Gasteiger partial charge is 0.254 e. The van der Waals surface area contributed by atoms with Crippen molar-refractivity contribution in [1.82, 2.24) is 5.01 Å². The first-order valence-electron chi connectivity index (χ1n) is 14.8. The van der Waals surface area contributed by atoms with Crippen LogP contribution >= 0.6 is 0 Å². The van der Waals surface area contributed by atoms with Gasteiger partial charge < -0.3 is 0 Å². The summed E-state index contributed by atoms with van der Waals surface area (Å²) in [4.78, 5) is 57.5. The zero-order valence-corrected chi connectivity index (χ0v) is 22.7. The highest BCUT2D eigenvalue weighted by Crippen LogP contribution is 2.64. The number of anilines is 1. The Morgan fingerprint density at radius 1 is 0.643 bits per heavy atom. The minimum Gasteiger partial charge on any atom is -0.274 e. The number of carbonyl (C=O) groups is 4. The molecular formula is C35H27N3O4. The predicted molar refractivity (Wildman–Crippen MR) is 154 cm³/mol. The van der Waals surface area contributed by atoms with E-state index in [1.54, 1.807) is 18.3 Å². The molecule has 0 unspecified atom stereocenters. The molecule has 11 rings (SSSR count). The maximum atomic E-state index is 14.5. The van der Waals surface area contributed by atoms with Gasteiger partial charge in [0.1, 0.15) is 0 Å². The van der Waals surface area contributed by atoms with Gasteiger partial charge in [-0.1, -0.05) is 78.9 Å². The van der Waals surface area contributed by atoms with Crippen molar-refractivity contribution in [3.8, 4) is 0 Å². The van der Waals surface area contributed by atoms with Crippen LogP contribution in [0.3, 0.4) is 0 Å². The number of imide groups is 2. The minimum absolute atomic E-state index is 0.0548. The molecule has 1 saturated carbocycles. The Kier molecular flexibility index (Phi) is 4.69. The molecule has 0 radical (unpaired) electrons. The first-order chi connectivity index (χ1) is 20.5. The molecule has 3 aromatic rings. The summed E-state index contributed by atoms with van der Waals surface area (Å²) in [5.74, 6) is -3.39. The van der Waals surface area contributed by atoms with Gasteiger partial charge in [0.05, 0.1) is 34.8 Å². The molecule has 6 aliphatic carbocycles. The number of hydrazone groups is 1. The van der Waals surface area contributed by atoms with Crippen molar-refractivity contribution in [1.29, 1.82) is 0 Å². The number of carbonyl (C=O) groups excluding carboxylic acids is 4. The average Bonchev–Trinajstić information content (AvgIpc) is 3.47. The molecule has 8 aliphatic rings. The van der Waals surface area contributed by atoms with Crippen LogP contribution < -0.4 is 4.90 Å². The normalized spacial score (nSPS) is 35.2. The summed E-state index contributed by atoms with van der Waals surface area (Å²) >= 11 is 0. The zero-order chi connectivity index (χ0) is 28.3. The van der Waals surface area contributed by atoms with Crippen molar-refractivity contribution in [3.63, 3.8) is 0 Å². The maximum absolute atomic E-state index is 14.5. The van der Waals surface area contributed by atoms with Crippen molar-refractivity contribution < 1.29 is 19.2 Å². The van der Waals surface area contributed by atoms with E-state index in [0.29, 0.717) is 5.69 Å². The monoisotopic (exact) mass is 553 g/mol. The molecule has 4 amide bonds. The SMILES string of the molecule is O=C1[C@@H]2[C@H](C(=O)N1/N=C\C13c4ccccc4C(c4ccccc41)[C@H]1C(=O)N(c4ccccc4)C(=O)[C@@H]13)[C@H]1C=C[C@H]2CC1. The van der Waals surface area contributed by atoms with E-state index in [0.717, 1.165) is 40.1 Å². The molecular weight excluding hydrogens is 526 g/mol. The van der Waals surface area contributed by atoms with Crippen molar-refractivity contribution in [2.45, 2.75) is 24.2 Å². The average molecular weight is 554 g/mol. The topological polar surface area (TPSA) is 87.1 Å². The van der Waals surface area contributed by atoms with Gasteiger partial charge >= 0.3 is 0 Å². The summed E-state index contributed by atoms with van der Waals surface area (Å²) in [6.45, 7) is 0. The van der Waals surface area contributed by atoms with Crippen LogP contribution in [0.2, 0.25) is 0 Å². The van der Waals surface area contributed by atoms with Gasteiger partial charge in [0, 0.05) is 12.1 Å². The lowest BCUT2D eigenvalue weighted by Gasteiger charge is -2.52. The Morgan fingerprint density at radius 2 is 1.19 bits per heavy atom. The summed E-state index contributed by atoms with van der Waals surface area (Å²) in [5, 5.41) is 5.78. The number of para-hydroxylation sites is 1. The van der Waals surface area contributed by atoms with Gasteiger partial charge in [0.15, 0.2) is 0 Å². The Balaban J connectivity index is 1.24. The lowest BCUT2D eigenvalue weighted by Crippen LogP contribution is -2.55. The highest BCUT2D eigenvalue weighted by molar-refractivity contribution is 6.25. The Morgan fingerprint density at radius 3 is 1.76 bits per heavy atom. The number of benzene rings is 3. The fraction of sp³-hybridized carbons (Fsp3) is 0.286. The fourth-order valence-corrected chi connectivity index (χ4v) is 9.20. The van der Waals surface area contributed by atoms with Crippen LogP contribution in [0, 0.1) is 35.5 Å². The van der Waals surface area contributed by atoms with Crippen LogP contribution in [0.25, 0.3) is 0 Å². The second-order valence-electron chi connectivity index (χ2n) is 12.4. The van der Waals surface area contributed by atoms with Crippen LogP contribution in [0.1, 0.15) is 41.0 Å². The minimum atomic E-state index is -1.13. The molecule has 42 heavy (non-hydrogen) atoms. The van der Waals surface area contributed by atoms with Gasteiger partial charge in [-0.2, -0.15) is 10.1 Å². The van der Waals surface area contributed by atoms with E-state index >= 15 is 0 Å². The summed E-state index contributed by atoms with van der Waals surface area (Å²) in [6, 6.07) is 24.9. The second-order valence-corrected chi connectivity index (χ2v) is 12.4. The molecule has 0 aromatic heterocycles. The molecule has 2 aliphatic heterocycles. The van der Waals surface area contributed by atoms with E-state index in [2.05, 4.69) is 12.2 Å². The van der Waals surface area contributed by atoms with Crippen LogP contribution in [0.4, 0.5) is 5.69 Å². The molecule has 206 valence electrons. The number of fused-ring (bicyclic) bond motifs is 1. The molecule has 7 heteroatoms. The van der Waals surface area contributed by atoms with E-state index in [-0.39, 0.29) is 53.2 Å². The third-order valence-electron chi connectivity index (χ3n) is 10.8. The number of hydrogen-bond donors (Lipinski definition) is 0. The van der Waals surface area contributed by atoms with Crippen LogP contribution in [-0.4, -0.2) is 34.9 Å². The Labute approximate surface area is 242 Å². The van der Waals surface area contributed by atoms with E-state index < -0.39 is 17.3 Å². The Bertz CT molecular complexity index is 1710. The number of hydrogen-bond acceptors (Lipinski definition) is 5. The lowest BCUT2D eigenvalue weighted by atomic mass is 9.47. The second kappa shape index (κ2) is 8.22. The van der Waals surface area contributed by atoms with Crippen LogP contribution in [0.5, 0.6) is 0 Å². The van der Waals surface area contributed by atoms with Gasteiger partial charge in [-0.05, 0) is 59.1 Å². The molecule has 2 heterocycles. The van der Waals surface area contributed by atoms with E-state index in [4.69, 9.17) is 5.10 Å². The van der Waals surface area contributed by atoms with Crippen molar-refractivity contribution in [3.05, 3.63) is 113 Å². The van der Waals surface area contributed by atoms with Gasteiger partial charge in [-0.25, -0.2) is 4.90 Å². The van der Waals surface area contributed by atoms with E-state index in [1.165, 1.54) is 4.90 Å². The summed E-state index contributed by atoms with van der Waals surface area (Å²) < 4.78 is 0. The number of amides is 4. The van der Waals surface area contributed by atoms with Crippen LogP contribution in [-0.2, 0) is 24.6 Å². The fourth-order valence-electron chi connectivity index (χ4n) is 9.20. The molecule has 3 aromatic carbocycles. The molecule has 0 N–H and O–H groups in total. The van der Waals surface area contributed by atoms with Gasteiger partial charge in [-0.15, -0.1) is 0 Å². The van der Waals surface area contributed by atoms with Gasteiger partial charge in [-0.3, -0.25) is 19.2 Å². The molecule has 3 fully saturated rings. The van der Waals surface area contributed by atoms with Gasteiger partial charge in [0.2, 0.25) is 11.8 Å². The zero-order valence-electron chi connectivity index (χ0n) is 22.7.